The summed E-state index contributed by atoms with van der Waals surface area (Å²) in [5, 5.41) is 10.1. The van der Waals surface area contributed by atoms with Gasteiger partial charge in [0.15, 0.2) is 0 Å². The molecule has 0 aliphatic heterocycles. The molecule has 1 aromatic rings. The second kappa shape index (κ2) is 5.43. The van der Waals surface area contributed by atoms with Crippen LogP contribution in [0.1, 0.15) is 60.4 Å². The summed E-state index contributed by atoms with van der Waals surface area (Å²) in [6.45, 7) is 8.33. The Labute approximate surface area is 101 Å². The van der Waals surface area contributed by atoms with Crippen LogP contribution in [-0.2, 0) is 6.42 Å². The van der Waals surface area contributed by atoms with E-state index in [4.69, 9.17) is 5.11 Å². The first kappa shape index (κ1) is 13.2. The summed E-state index contributed by atoms with van der Waals surface area (Å²) in [5.74, 6) is -0.0586. The van der Waals surface area contributed by atoms with Gasteiger partial charge in [0.1, 0.15) is 4.88 Å². The van der Waals surface area contributed by atoms with E-state index in [1.54, 1.807) is 0 Å². The zero-order chi connectivity index (χ0) is 12.3. The number of aromatic carboxylic acids is 1. The first-order chi connectivity index (χ1) is 7.45. The molecule has 1 aromatic heterocycles. The molecule has 0 spiro atoms. The third-order valence-electron chi connectivity index (χ3n) is 2.54. The lowest BCUT2D eigenvalue weighted by atomic mass is 10.1. The maximum absolute atomic E-state index is 11.1. The Bertz CT molecular complexity index is 371. The molecule has 0 fully saturated rings. The number of aromatic nitrogens is 1. The molecule has 0 aromatic carbocycles. The third kappa shape index (κ3) is 3.04. The first-order valence-electron chi connectivity index (χ1n) is 5.68. The molecule has 0 saturated carbocycles. The second-order valence-corrected chi connectivity index (χ2v) is 5.57. The molecule has 4 heteroatoms. The van der Waals surface area contributed by atoms with Crippen molar-refractivity contribution in [3.8, 4) is 0 Å². The molecular weight excluding hydrogens is 222 g/mol. The molecule has 1 heterocycles. The van der Waals surface area contributed by atoms with Gasteiger partial charge in [-0.25, -0.2) is 9.78 Å². The molecule has 1 N–H and O–H groups in total. The van der Waals surface area contributed by atoms with Crippen molar-refractivity contribution >= 4 is 17.3 Å². The number of hydrogen-bond donors (Lipinski definition) is 1. The van der Waals surface area contributed by atoms with Crippen LogP contribution in [0.15, 0.2) is 0 Å². The average molecular weight is 241 g/mol. The van der Waals surface area contributed by atoms with Gasteiger partial charge < -0.3 is 5.11 Å². The summed E-state index contributed by atoms with van der Waals surface area (Å²) < 4.78 is 0. The molecule has 1 unspecified atom stereocenters. The lowest BCUT2D eigenvalue weighted by Gasteiger charge is -2.03. The SMILES string of the molecule is CCC(C)c1nc(CC(C)C)c(C(=O)O)s1. The Morgan fingerprint density at radius 1 is 1.44 bits per heavy atom. The average Bonchev–Trinajstić information content (AvgIpc) is 2.59. The summed E-state index contributed by atoms with van der Waals surface area (Å²) in [5.41, 5.74) is 0.753. The lowest BCUT2D eigenvalue weighted by Crippen LogP contribution is -2.02. The van der Waals surface area contributed by atoms with Crippen molar-refractivity contribution in [2.45, 2.75) is 46.5 Å². The molecule has 0 saturated heterocycles. The predicted molar refractivity (Wildman–Crippen MR) is 66.3 cm³/mol. The maximum Gasteiger partial charge on any atom is 0.347 e. The lowest BCUT2D eigenvalue weighted by molar-refractivity contribution is 0.0700. The molecule has 0 bridgehead atoms. The first-order valence-corrected chi connectivity index (χ1v) is 6.50. The van der Waals surface area contributed by atoms with E-state index in [9.17, 15) is 4.79 Å². The van der Waals surface area contributed by atoms with E-state index in [0.29, 0.717) is 16.7 Å². The van der Waals surface area contributed by atoms with E-state index in [1.807, 2.05) is 0 Å². The smallest absolute Gasteiger partial charge is 0.347 e. The Balaban J connectivity index is 3.04. The van der Waals surface area contributed by atoms with Gasteiger partial charge in [-0.1, -0.05) is 27.7 Å². The van der Waals surface area contributed by atoms with E-state index in [2.05, 4.69) is 32.7 Å². The zero-order valence-corrected chi connectivity index (χ0v) is 11.1. The van der Waals surface area contributed by atoms with Gasteiger partial charge >= 0.3 is 5.97 Å². The number of hydrogen-bond acceptors (Lipinski definition) is 3. The van der Waals surface area contributed by atoms with Crippen LogP contribution in [0, 0.1) is 5.92 Å². The molecule has 1 atom stereocenters. The van der Waals surface area contributed by atoms with E-state index < -0.39 is 5.97 Å². The van der Waals surface area contributed by atoms with Crippen LogP contribution in [0.4, 0.5) is 0 Å². The van der Waals surface area contributed by atoms with Crippen molar-refractivity contribution in [2.75, 3.05) is 0 Å². The molecule has 90 valence electrons. The monoisotopic (exact) mass is 241 g/mol. The number of carbonyl (C=O) groups is 1. The molecule has 1 rings (SSSR count). The third-order valence-corrected chi connectivity index (χ3v) is 3.86. The minimum atomic E-state index is -0.845. The van der Waals surface area contributed by atoms with Crippen molar-refractivity contribution in [3.63, 3.8) is 0 Å². The van der Waals surface area contributed by atoms with Gasteiger partial charge in [0.25, 0.3) is 0 Å². The normalized spacial score (nSPS) is 13.1. The summed E-state index contributed by atoms with van der Waals surface area (Å²) in [6.07, 6.45) is 1.74. The van der Waals surface area contributed by atoms with Crippen LogP contribution in [0.25, 0.3) is 0 Å². The summed E-state index contributed by atoms with van der Waals surface area (Å²) in [7, 11) is 0. The quantitative estimate of drug-likeness (QED) is 0.857. The van der Waals surface area contributed by atoms with Gasteiger partial charge in [-0.05, 0) is 18.8 Å². The maximum atomic E-state index is 11.1. The molecular formula is C12H19NO2S. The number of rotatable bonds is 5. The van der Waals surface area contributed by atoms with Crippen molar-refractivity contribution in [3.05, 3.63) is 15.6 Å². The standard InChI is InChI=1S/C12H19NO2S/c1-5-8(4)11-13-9(6-7(2)3)10(16-11)12(14)15/h7-8H,5-6H2,1-4H3,(H,14,15). The number of carboxylic acids is 1. The summed E-state index contributed by atoms with van der Waals surface area (Å²) in [6, 6.07) is 0. The van der Waals surface area contributed by atoms with Crippen molar-refractivity contribution in [1.82, 2.24) is 4.98 Å². The highest BCUT2D eigenvalue weighted by Crippen LogP contribution is 2.28. The number of carboxylic acid groups (broad SMARTS) is 1. The van der Waals surface area contributed by atoms with Gasteiger partial charge in [0.05, 0.1) is 10.7 Å². The number of nitrogens with zero attached hydrogens (tertiary/aromatic N) is 1. The molecule has 3 nitrogen and oxygen atoms in total. The molecule has 16 heavy (non-hydrogen) atoms. The van der Waals surface area contributed by atoms with Crippen LogP contribution in [0.5, 0.6) is 0 Å². The second-order valence-electron chi connectivity index (χ2n) is 4.54. The largest absolute Gasteiger partial charge is 0.477 e. The fourth-order valence-electron chi connectivity index (χ4n) is 1.45. The predicted octanol–water partition coefficient (Wildman–Crippen LogP) is 3.55. The summed E-state index contributed by atoms with van der Waals surface area (Å²) in [4.78, 5) is 16.0. The van der Waals surface area contributed by atoms with Crippen LogP contribution in [0.3, 0.4) is 0 Å². The summed E-state index contributed by atoms with van der Waals surface area (Å²) >= 11 is 1.33. The highest BCUT2D eigenvalue weighted by atomic mass is 32.1. The van der Waals surface area contributed by atoms with Gasteiger partial charge in [-0.2, -0.15) is 0 Å². The molecule has 0 aliphatic carbocycles. The highest BCUT2D eigenvalue weighted by Gasteiger charge is 2.20. The highest BCUT2D eigenvalue weighted by molar-refractivity contribution is 7.13. The Hall–Kier alpha value is -0.900. The number of thiazole rings is 1. The van der Waals surface area contributed by atoms with E-state index in [-0.39, 0.29) is 0 Å². The van der Waals surface area contributed by atoms with Crippen molar-refractivity contribution in [2.24, 2.45) is 5.92 Å². The minimum absolute atomic E-state index is 0.351. The molecule has 0 amide bonds. The van der Waals surface area contributed by atoms with Gasteiger partial charge in [-0.15, -0.1) is 11.3 Å². The van der Waals surface area contributed by atoms with Gasteiger partial charge in [-0.3, -0.25) is 0 Å². The van der Waals surface area contributed by atoms with Gasteiger partial charge in [0, 0.05) is 5.92 Å². The van der Waals surface area contributed by atoms with Gasteiger partial charge in [0.2, 0.25) is 0 Å². The van der Waals surface area contributed by atoms with E-state index >= 15 is 0 Å². The fourth-order valence-corrected chi connectivity index (χ4v) is 2.51. The Morgan fingerprint density at radius 3 is 2.50 bits per heavy atom. The Kier molecular flexibility index (Phi) is 4.47. The zero-order valence-electron chi connectivity index (χ0n) is 10.3. The van der Waals surface area contributed by atoms with Crippen molar-refractivity contribution in [1.29, 1.82) is 0 Å². The fraction of sp³-hybridized carbons (Fsp3) is 0.667. The molecule has 0 aliphatic rings. The molecule has 0 radical (unpaired) electrons. The van der Waals surface area contributed by atoms with Crippen LogP contribution < -0.4 is 0 Å². The topological polar surface area (TPSA) is 50.2 Å². The van der Waals surface area contributed by atoms with Crippen LogP contribution in [0.2, 0.25) is 0 Å². The van der Waals surface area contributed by atoms with E-state index in [1.165, 1.54) is 11.3 Å². The van der Waals surface area contributed by atoms with Crippen molar-refractivity contribution < 1.29 is 9.90 Å². The van der Waals surface area contributed by atoms with E-state index in [0.717, 1.165) is 23.5 Å². The minimum Gasteiger partial charge on any atom is -0.477 e. The Morgan fingerprint density at radius 2 is 2.06 bits per heavy atom. The van der Waals surface area contributed by atoms with Crippen LogP contribution >= 0.6 is 11.3 Å². The van der Waals surface area contributed by atoms with Crippen LogP contribution in [-0.4, -0.2) is 16.1 Å².